The Hall–Kier alpha value is -2.09. The lowest BCUT2D eigenvalue weighted by molar-refractivity contribution is 0.0942. The van der Waals surface area contributed by atoms with Crippen LogP contribution in [0.1, 0.15) is 38.5 Å². The molecule has 1 aliphatic carbocycles. The fourth-order valence-electron chi connectivity index (χ4n) is 3.27. The molecule has 88 valence electrons. The van der Waals surface area contributed by atoms with Crippen LogP contribution in [0.4, 0.5) is 0 Å². The summed E-state index contributed by atoms with van der Waals surface area (Å²) in [5.41, 5.74) is 6.19. The summed E-state index contributed by atoms with van der Waals surface area (Å²) in [4.78, 5) is 11.9. The number of hydrogen-bond acceptors (Lipinski definition) is 1. The standard InChI is InChI=1S/C16H13NO/c18-16-13-7-3-5-11-8-10-4-1-2-6-12(10)14(9-17-16)15(11)13/h1-7,14H,8-9H2,(H,17,18)/t14-/m1/s1. The van der Waals surface area contributed by atoms with E-state index in [-0.39, 0.29) is 5.91 Å². The van der Waals surface area contributed by atoms with Gasteiger partial charge in [-0.15, -0.1) is 0 Å². The van der Waals surface area contributed by atoms with E-state index in [9.17, 15) is 4.79 Å². The molecule has 1 aliphatic heterocycles. The van der Waals surface area contributed by atoms with Crippen LogP contribution >= 0.6 is 0 Å². The number of rotatable bonds is 0. The van der Waals surface area contributed by atoms with Crippen molar-refractivity contribution in [2.24, 2.45) is 0 Å². The highest BCUT2D eigenvalue weighted by atomic mass is 16.1. The van der Waals surface area contributed by atoms with Crippen molar-refractivity contribution in [1.82, 2.24) is 5.32 Å². The lowest BCUT2D eigenvalue weighted by atomic mass is 9.74. The number of carbonyl (C=O) groups is 1. The van der Waals surface area contributed by atoms with Crippen LogP contribution in [0.3, 0.4) is 0 Å². The Morgan fingerprint density at radius 3 is 2.78 bits per heavy atom. The van der Waals surface area contributed by atoms with Gasteiger partial charge < -0.3 is 5.32 Å². The second-order valence-corrected chi connectivity index (χ2v) is 5.02. The number of nitrogens with one attached hydrogen (secondary N) is 1. The molecule has 0 bridgehead atoms. The fourth-order valence-corrected chi connectivity index (χ4v) is 3.27. The largest absolute Gasteiger partial charge is 0.351 e. The van der Waals surface area contributed by atoms with Gasteiger partial charge in [-0.1, -0.05) is 36.4 Å². The van der Waals surface area contributed by atoms with Crippen LogP contribution in [0.25, 0.3) is 0 Å². The maximum atomic E-state index is 11.9. The van der Waals surface area contributed by atoms with Gasteiger partial charge in [-0.25, -0.2) is 0 Å². The molecule has 1 atom stereocenters. The maximum absolute atomic E-state index is 11.9. The first kappa shape index (κ1) is 9.89. The molecule has 0 spiro atoms. The van der Waals surface area contributed by atoms with Crippen LogP contribution in [0.5, 0.6) is 0 Å². The number of amides is 1. The lowest BCUT2D eigenvalue weighted by Crippen LogP contribution is -2.37. The van der Waals surface area contributed by atoms with Gasteiger partial charge in [-0.2, -0.15) is 0 Å². The third-order valence-electron chi connectivity index (χ3n) is 4.07. The molecule has 2 heteroatoms. The second kappa shape index (κ2) is 3.45. The summed E-state index contributed by atoms with van der Waals surface area (Å²) in [5.74, 6) is 0.404. The third kappa shape index (κ3) is 1.20. The summed E-state index contributed by atoms with van der Waals surface area (Å²) in [5, 5.41) is 3.00. The molecule has 2 nitrogen and oxygen atoms in total. The van der Waals surface area contributed by atoms with E-state index in [4.69, 9.17) is 0 Å². The molecule has 1 N–H and O–H groups in total. The van der Waals surface area contributed by atoms with Gasteiger partial charge in [-0.3, -0.25) is 4.79 Å². The van der Waals surface area contributed by atoms with Crippen LogP contribution in [-0.4, -0.2) is 12.5 Å². The van der Waals surface area contributed by atoms with Gasteiger partial charge in [0, 0.05) is 18.0 Å². The van der Waals surface area contributed by atoms with Crippen LogP contribution < -0.4 is 5.32 Å². The minimum Gasteiger partial charge on any atom is -0.351 e. The Morgan fingerprint density at radius 2 is 1.83 bits per heavy atom. The van der Waals surface area contributed by atoms with Gasteiger partial charge in [0.15, 0.2) is 0 Å². The molecule has 0 fully saturated rings. The van der Waals surface area contributed by atoms with E-state index in [1.54, 1.807) is 0 Å². The van der Waals surface area contributed by atoms with Crippen LogP contribution in [-0.2, 0) is 6.42 Å². The fraction of sp³-hybridized carbons (Fsp3) is 0.188. The molecule has 0 aromatic heterocycles. The van der Waals surface area contributed by atoms with Crippen molar-refractivity contribution < 1.29 is 4.79 Å². The number of hydrogen-bond donors (Lipinski definition) is 1. The predicted molar refractivity (Wildman–Crippen MR) is 69.9 cm³/mol. The van der Waals surface area contributed by atoms with Crippen molar-refractivity contribution >= 4 is 5.91 Å². The van der Waals surface area contributed by atoms with Crippen molar-refractivity contribution in [3.8, 4) is 0 Å². The lowest BCUT2D eigenvalue weighted by Gasteiger charge is -2.33. The third-order valence-corrected chi connectivity index (χ3v) is 4.07. The van der Waals surface area contributed by atoms with Crippen molar-refractivity contribution in [3.63, 3.8) is 0 Å². The SMILES string of the molecule is O=C1NC[C@@H]2c3ccccc3Cc3cccc1c32. The first-order valence-electron chi connectivity index (χ1n) is 6.32. The van der Waals surface area contributed by atoms with E-state index >= 15 is 0 Å². The molecule has 2 aromatic rings. The average Bonchev–Trinajstić information content (AvgIpc) is 2.42. The summed E-state index contributed by atoms with van der Waals surface area (Å²) >= 11 is 0. The van der Waals surface area contributed by atoms with Gasteiger partial charge in [-0.05, 0) is 34.7 Å². The molecule has 4 rings (SSSR count). The molecular formula is C16H13NO. The van der Waals surface area contributed by atoms with E-state index in [0.29, 0.717) is 5.92 Å². The zero-order valence-corrected chi connectivity index (χ0v) is 9.94. The molecule has 18 heavy (non-hydrogen) atoms. The summed E-state index contributed by atoms with van der Waals surface area (Å²) < 4.78 is 0. The highest BCUT2D eigenvalue weighted by molar-refractivity contribution is 5.98. The molecule has 1 heterocycles. The number of fused-ring (bicyclic) bond motifs is 2. The van der Waals surface area contributed by atoms with Crippen LogP contribution in [0.15, 0.2) is 42.5 Å². The highest BCUT2D eigenvalue weighted by Crippen LogP contribution is 2.39. The molecular weight excluding hydrogens is 222 g/mol. The van der Waals surface area contributed by atoms with Crippen molar-refractivity contribution in [3.05, 3.63) is 70.3 Å². The zero-order chi connectivity index (χ0) is 12.1. The normalized spacial score (nSPS) is 19.8. The summed E-state index contributed by atoms with van der Waals surface area (Å²) in [7, 11) is 0. The first-order valence-corrected chi connectivity index (χ1v) is 6.32. The molecule has 2 aromatic carbocycles. The van der Waals surface area contributed by atoms with E-state index in [2.05, 4.69) is 35.6 Å². The number of benzene rings is 2. The zero-order valence-electron chi connectivity index (χ0n) is 9.94. The first-order chi connectivity index (χ1) is 8.84. The van der Waals surface area contributed by atoms with E-state index in [0.717, 1.165) is 18.5 Å². The van der Waals surface area contributed by atoms with Gasteiger partial charge >= 0.3 is 0 Å². The summed E-state index contributed by atoms with van der Waals surface area (Å²) in [6.45, 7) is 0.722. The quantitative estimate of drug-likeness (QED) is 0.746. The molecule has 0 radical (unpaired) electrons. The smallest absolute Gasteiger partial charge is 0.251 e. The molecule has 0 saturated carbocycles. The Labute approximate surface area is 106 Å². The van der Waals surface area contributed by atoms with Crippen LogP contribution in [0, 0.1) is 0 Å². The van der Waals surface area contributed by atoms with Gasteiger partial charge in [0.05, 0.1) is 0 Å². The Morgan fingerprint density at radius 1 is 1.00 bits per heavy atom. The summed E-state index contributed by atoms with van der Waals surface area (Å²) in [6, 6.07) is 14.6. The molecule has 0 saturated heterocycles. The Kier molecular flexibility index (Phi) is 1.90. The van der Waals surface area contributed by atoms with Gasteiger partial charge in [0.2, 0.25) is 0 Å². The van der Waals surface area contributed by atoms with Crippen molar-refractivity contribution in [2.75, 3.05) is 6.54 Å². The van der Waals surface area contributed by atoms with Crippen LogP contribution in [0.2, 0.25) is 0 Å². The topological polar surface area (TPSA) is 29.1 Å². The highest BCUT2D eigenvalue weighted by Gasteiger charge is 2.32. The maximum Gasteiger partial charge on any atom is 0.251 e. The van der Waals surface area contributed by atoms with E-state index < -0.39 is 0 Å². The Balaban J connectivity index is 2.01. The van der Waals surface area contributed by atoms with E-state index in [1.165, 1.54) is 22.3 Å². The Bertz CT molecular complexity index is 660. The minimum atomic E-state index is 0.0717. The molecule has 0 unspecified atom stereocenters. The van der Waals surface area contributed by atoms with Crippen molar-refractivity contribution in [2.45, 2.75) is 12.3 Å². The van der Waals surface area contributed by atoms with Gasteiger partial charge in [0.25, 0.3) is 5.91 Å². The molecule has 2 aliphatic rings. The average molecular weight is 235 g/mol. The monoisotopic (exact) mass is 235 g/mol. The summed E-state index contributed by atoms with van der Waals surface area (Å²) in [6.07, 6.45) is 0.948. The molecule has 1 amide bonds. The van der Waals surface area contributed by atoms with E-state index in [1.807, 2.05) is 12.1 Å². The van der Waals surface area contributed by atoms with Gasteiger partial charge in [0.1, 0.15) is 0 Å². The minimum absolute atomic E-state index is 0.0717. The predicted octanol–water partition coefficient (Wildman–Crippen LogP) is 2.47. The second-order valence-electron chi connectivity index (χ2n) is 5.02. The van der Waals surface area contributed by atoms with Crippen molar-refractivity contribution in [1.29, 1.82) is 0 Å². The number of carbonyl (C=O) groups excluding carboxylic acids is 1.